The maximum absolute atomic E-state index is 11.9. The molecule has 0 aromatic rings. The number of nitrogens with two attached hydrogens (primary N) is 1. The van der Waals surface area contributed by atoms with Gasteiger partial charge in [-0.3, -0.25) is 4.79 Å². The van der Waals surface area contributed by atoms with Crippen LogP contribution in [0.25, 0.3) is 0 Å². The van der Waals surface area contributed by atoms with E-state index in [-0.39, 0.29) is 43.3 Å². The van der Waals surface area contributed by atoms with Gasteiger partial charge in [0.05, 0.1) is 30.8 Å². The molecule has 0 amide bonds. The van der Waals surface area contributed by atoms with Crippen molar-refractivity contribution in [3.8, 4) is 0 Å². The number of rotatable bonds is 9. The molecule has 1 heterocycles. The van der Waals surface area contributed by atoms with Gasteiger partial charge in [0.15, 0.2) is 0 Å². The van der Waals surface area contributed by atoms with Crippen molar-refractivity contribution in [2.75, 3.05) is 13.7 Å². The van der Waals surface area contributed by atoms with E-state index in [4.69, 9.17) is 24.5 Å². The third-order valence-corrected chi connectivity index (χ3v) is 7.45. The molecular formula is C21H38BNO5. The number of carbonyl (C=O) groups excluding carboxylic acids is 1. The van der Waals surface area contributed by atoms with Crippen LogP contribution in [0.4, 0.5) is 0 Å². The molecule has 0 aromatic heterocycles. The lowest BCUT2D eigenvalue weighted by atomic mass is 9.43. The predicted molar refractivity (Wildman–Crippen MR) is 109 cm³/mol. The van der Waals surface area contributed by atoms with Crippen LogP contribution in [0.3, 0.4) is 0 Å². The molecule has 7 heteroatoms. The fourth-order valence-corrected chi connectivity index (χ4v) is 5.40. The van der Waals surface area contributed by atoms with Crippen molar-refractivity contribution >= 4 is 13.1 Å². The van der Waals surface area contributed by atoms with E-state index in [0.717, 1.165) is 12.3 Å². The second kappa shape index (κ2) is 8.25. The van der Waals surface area contributed by atoms with Crippen LogP contribution in [0.5, 0.6) is 0 Å². The summed E-state index contributed by atoms with van der Waals surface area (Å²) in [5, 5.41) is 0. The van der Waals surface area contributed by atoms with E-state index in [1.165, 1.54) is 6.42 Å². The Hall–Kier alpha value is -0.625. The molecule has 28 heavy (non-hydrogen) atoms. The fraction of sp³-hybridized carbons (Fsp3) is 0.952. The van der Waals surface area contributed by atoms with Gasteiger partial charge in [0, 0.05) is 13.1 Å². The number of ether oxygens (including phenoxy) is 2. The minimum atomic E-state index is -0.379. The summed E-state index contributed by atoms with van der Waals surface area (Å²) in [4.78, 5) is 11.9. The summed E-state index contributed by atoms with van der Waals surface area (Å²) >= 11 is 0. The number of hydrogen-bond acceptors (Lipinski definition) is 6. The van der Waals surface area contributed by atoms with Crippen LogP contribution < -0.4 is 5.73 Å². The summed E-state index contributed by atoms with van der Waals surface area (Å²) in [6.45, 7) is 11.4. The van der Waals surface area contributed by atoms with Crippen LogP contribution in [0.2, 0.25) is 0 Å². The lowest BCUT2D eigenvalue weighted by molar-refractivity contribution is -0.199. The molecule has 6 nitrogen and oxygen atoms in total. The van der Waals surface area contributed by atoms with Gasteiger partial charge in [0.25, 0.3) is 0 Å². The zero-order valence-electron chi connectivity index (χ0n) is 18.4. The SMILES string of the molecule is CO[C@@H](CC[C@H](N)B1O[C@@H]2C[C@@H]3C[C@@H](C3(C)C)[C@]2(C)O1)CC(=O)OCC(C)C. The van der Waals surface area contributed by atoms with E-state index < -0.39 is 0 Å². The second-order valence-corrected chi connectivity index (χ2v) is 10.2. The van der Waals surface area contributed by atoms with Crippen molar-refractivity contribution in [2.24, 2.45) is 28.9 Å². The maximum Gasteiger partial charge on any atom is 0.475 e. The lowest BCUT2D eigenvalue weighted by Gasteiger charge is -2.64. The van der Waals surface area contributed by atoms with Gasteiger partial charge >= 0.3 is 13.1 Å². The topological polar surface area (TPSA) is 80.0 Å². The molecule has 4 aliphatic rings. The standard InChI is InChI=1S/C21H38BNO5/c1-13(2)12-26-19(24)11-15(25-6)7-8-18(23)22-27-17-10-14-9-16(20(14,3)4)21(17,5)28-22/h13-18H,7-12,23H2,1-6H3/t14-,15-,16-,17+,18-,21-/m0/s1. The minimum Gasteiger partial charge on any atom is -0.465 e. The van der Waals surface area contributed by atoms with Crippen molar-refractivity contribution in [3.63, 3.8) is 0 Å². The van der Waals surface area contributed by atoms with Crippen molar-refractivity contribution in [3.05, 3.63) is 0 Å². The molecule has 3 saturated carbocycles. The normalized spacial score (nSPS) is 35.3. The summed E-state index contributed by atoms with van der Waals surface area (Å²) < 4.78 is 23.4. The number of methoxy groups -OCH3 is 1. The van der Waals surface area contributed by atoms with E-state index in [1.807, 2.05) is 13.8 Å². The Kier molecular flexibility index (Phi) is 6.50. The Morgan fingerprint density at radius 3 is 2.57 bits per heavy atom. The first kappa shape index (κ1) is 22.1. The van der Waals surface area contributed by atoms with Crippen LogP contribution in [-0.4, -0.2) is 50.6 Å². The highest BCUT2D eigenvalue weighted by atomic mass is 16.7. The highest BCUT2D eigenvalue weighted by Crippen LogP contribution is 2.65. The molecule has 4 rings (SSSR count). The molecule has 3 aliphatic carbocycles. The van der Waals surface area contributed by atoms with E-state index in [1.54, 1.807) is 7.11 Å². The van der Waals surface area contributed by atoms with Gasteiger partial charge in [-0.25, -0.2) is 0 Å². The zero-order valence-corrected chi connectivity index (χ0v) is 18.4. The van der Waals surface area contributed by atoms with Gasteiger partial charge < -0.3 is 24.5 Å². The fourth-order valence-electron chi connectivity index (χ4n) is 5.40. The zero-order chi connectivity index (χ0) is 20.7. The molecule has 2 N–H and O–H groups in total. The van der Waals surface area contributed by atoms with Gasteiger partial charge in [0.1, 0.15) is 0 Å². The summed E-state index contributed by atoms with van der Waals surface area (Å²) in [5.74, 6) is 1.14. The molecule has 0 unspecified atom stereocenters. The molecule has 1 aliphatic heterocycles. The van der Waals surface area contributed by atoms with Gasteiger partial charge in [-0.05, 0) is 55.8 Å². The summed E-state index contributed by atoms with van der Waals surface area (Å²) in [5.41, 5.74) is 6.52. The monoisotopic (exact) mass is 395 g/mol. The summed E-state index contributed by atoms with van der Waals surface area (Å²) in [6, 6.07) is 0. The van der Waals surface area contributed by atoms with Crippen LogP contribution in [0, 0.1) is 23.2 Å². The predicted octanol–water partition coefficient (Wildman–Crippen LogP) is 2.97. The van der Waals surface area contributed by atoms with Crippen molar-refractivity contribution < 1.29 is 23.6 Å². The van der Waals surface area contributed by atoms with Crippen molar-refractivity contribution in [1.82, 2.24) is 0 Å². The Bertz CT molecular complexity index is 571. The molecule has 0 radical (unpaired) electrons. The van der Waals surface area contributed by atoms with E-state index in [0.29, 0.717) is 36.7 Å². The summed E-state index contributed by atoms with van der Waals surface area (Å²) in [6.07, 6.45) is 3.85. The Labute approximate surface area is 170 Å². The third kappa shape index (κ3) is 4.14. The van der Waals surface area contributed by atoms with E-state index in [9.17, 15) is 4.79 Å². The molecule has 4 fully saturated rings. The highest BCUT2D eigenvalue weighted by Gasteiger charge is 2.68. The van der Waals surface area contributed by atoms with Crippen molar-refractivity contribution in [2.45, 2.75) is 90.5 Å². The molecule has 2 bridgehead atoms. The van der Waals surface area contributed by atoms with Crippen LogP contribution in [0.15, 0.2) is 0 Å². The number of carbonyl (C=O) groups is 1. The Morgan fingerprint density at radius 2 is 1.96 bits per heavy atom. The smallest absolute Gasteiger partial charge is 0.465 e. The minimum absolute atomic E-state index is 0.143. The van der Waals surface area contributed by atoms with Crippen LogP contribution >= 0.6 is 0 Å². The average molecular weight is 395 g/mol. The van der Waals surface area contributed by atoms with Gasteiger partial charge in [0.2, 0.25) is 0 Å². The van der Waals surface area contributed by atoms with E-state index >= 15 is 0 Å². The Balaban J connectivity index is 1.47. The largest absolute Gasteiger partial charge is 0.475 e. The maximum atomic E-state index is 11.9. The molecule has 160 valence electrons. The average Bonchev–Trinajstić information content (AvgIpc) is 3.00. The van der Waals surface area contributed by atoms with Crippen LogP contribution in [-0.2, 0) is 23.6 Å². The van der Waals surface area contributed by atoms with Gasteiger partial charge in [-0.1, -0.05) is 27.7 Å². The van der Waals surface area contributed by atoms with Gasteiger partial charge in [-0.15, -0.1) is 0 Å². The third-order valence-electron chi connectivity index (χ3n) is 7.45. The van der Waals surface area contributed by atoms with E-state index in [2.05, 4.69) is 20.8 Å². The first-order chi connectivity index (χ1) is 13.1. The lowest BCUT2D eigenvalue weighted by Crippen LogP contribution is -2.65. The highest BCUT2D eigenvalue weighted by molar-refractivity contribution is 6.47. The number of esters is 1. The quantitative estimate of drug-likeness (QED) is 0.478. The van der Waals surface area contributed by atoms with Crippen LogP contribution in [0.1, 0.15) is 66.7 Å². The molecule has 0 aromatic carbocycles. The molecule has 1 saturated heterocycles. The van der Waals surface area contributed by atoms with Crippen molar-refractivity contribution in [1.29, 1.82) is 0 Å². The first-order valence-electron chi connectivity index (χ1n) is 10.8. The Morgan fingerprint density at radius 1 is 1.25 bits per heavy atom. The molecule has 6 atom stereocenters. The first-order valence-corrected chi connectivity index (χ1v) is 10.8. The molecular weight excluding hydrogens is 357 g/mol. The number of hydrogen-bond donors (Lipinski definition) is 1. The summed E-state index contributed by atoms with van der Waals surface area (Å²) in [7, 11) is 1.25. The second-order valence-electron chi connectivity index (χ2n) is 10.2. The molecule has 0 spiro atoms. The van der Waals surface area contributed by atoms with Gasteiger partial charge in [-0.2, -0.15) is 0 Å².